The molecule has 28 heavy (non-hydrogen) atoms. The molecular formula is C19H14N2O7. The second kappa shape index (κ2) is 7.31. The van der Waals surface area contributed by atoms with Gasteiger partial charge in [-0.15, -0.1) is 0 Å². The molecule has 0 radical (unpaired) electrons. The Hall–Kier alpha value is -4.01. The van der Waals surface area contributed by atoms with E-state index in [2.05, 4.69) is 5.32 Å². The summed E-state index contributed by atoms with van der Waals surface area (Å²) in [6.07, 6.45) is 0.291. The molecule has 1 aliphatic heterocycles. The highest BCUT2D eigenvalue weighted by Gasteiger charge is 2.30. The van der Waals surface area contributed by atoms with Gasteiger partial charge < -0.3 is 15.5 Å². The van der Waals surface area contributed by atoms with Gasteiger partial charge in [0.1, 0.15) is 0 Å². The van der Waals surface area contributed by atoms with Gasteiger partial charge in [0.25, 0.3) is 5.91 Å². The molecule has 3 N–H and O–H groups in total. The van der Waals surface area contributed by atoms with E-state index in [0.29, 0.717) is 5.69 Å². The fourth-order valence-corrected chi connectivity index (χ4v) is 2.78. The number of hydrogen-bond acceptors (Lipinski definition) is 5. The fraction of sp³-hybridized carbons (Fsp3) is 0.105. The van der Waals surface area contributed by atoms with E-state index < -0.39 is 17.8 Å². The number of carbonyl (C=O) groups is 5. The summed E-state index contributed by atoms with van der Waals surface area (Å²) < 4.78 is 0. The van der Waals surface area contributed by atoms with E-state index in [4.69, 9.17) is 10.2 Å². The summed E-state index contributed by atoms with van der Waals surface area (Å²) in [6.45, 7) is 0. The number of anilines is 2. The Morgan fingerprint density at radius 3 is 1.75 bits per heavy atom. The third-order valence-electron chi connectivity index (χ3n) is 4.12. The average Bonchev–Trinajstić information content (AvgIpc) is 2.99. The van der Waals surface area contributed by atoms with Gasteiger partial charge in [-0.3, -0.25) is 19.3 Å². The van der Waals surface area contributed by atoms with Gasteiger partial charge in [0, 0.05) is 24.1 Å². The molecule has 2 aromatic carbocycles. The van der Waals surface area contributed by atoms with Gasteiger partial charge >= 0.3 is 11.9 Å². The van der Waals surface area contributed by atoms with Crippen molar-refractivity contribution in [2.75, 3.05) is 10.2 Å². The Labute approximate surface area is 158 Å². The number of imide groups is 1. The summed E-state index contributed by atoms with van der Waals surface area (Å²) in [5.41, 5.74) is -0.0185. The third-order valence-corrected chi connectivity index (χ3v) is 4.12. The highest BCUT2D eigenvalue weighted by Crippen LogP contribution is 2.23. The van der Waals surface area contributed by atoms with Crippen LogP contribution in [0.5, 0.6) is 0 Å². The Kier molecular flexibility index (Phi) is 4.90. The first-order valence-corrected chi connectivity index (χ1v) is 8.15. The quantitative estimate of drug-likeness (QED) is 0.672. The fourth-order valence-electron chi connectivity index (χ4n) is 2.78. The molecule has 2 aromatic rings. The molecule has 3 rings (SSSR count). The van der Waals surface area contributed by atoms with Crippen molar-refractivity contribution in [2.24, 2.45) is 0 Å². The number of benzene rings is 2. The van der Waals surface area contributed by atoms with E-state index >= 15 is 0 Å². The highest BCUT2D eigenvalue weighted by molar-refractivity contribution is 6.20. The maximum Gasteiger partial charge on any atom is 0.335 e. The second-order valence-electron chi connectivity index (χ2n) is 6.03. The molecule has 142 valence electrons. The summed E-state index contributed by atoms with van der Waals surface area (Å²) in [6, 6.07) is 8.98. The molecular weight excluding hydrogens is 368 g/mol. The topological polar surface area (TPSA) is 141 Å². The number of hydrogen-bond donors (Lipinski definition) is 3. The van der Waals surface area contributed by atoms with Crippen LogP contribution in [0.1, 0.15) is 43.9 Å². The molecule has 9 nitrogen and oxygen atoms in total. The van der Waals surface area contributed by atoms with Crippen molar-refractivity contribution >= 4 is 41.0 Å². The molecule has 1 heterocycles. The predicted molar refractivity (Wildman–Crippen MR) is 96.5 cm³/mol. The maximum absolute atomic E-state index is 12.4. The molecule has 0 saturated carbocycles. The molecule has 0 unspecified atom stereocenters. The number of carbonyl (C=O) groups excluding carboxylic acids is 3. The lowest BCUT2D eigenvalue weighted by atomic mass is 10.1. The molecule has 0 bridgehead atoms. The Bertz CT molecular complexity index is 963. The first-order chi connectivity index (χ1) is 13.3. The number of carboxylic acids is 2. The van der Waals surface area contributed by atoms with Crippen LogP contribution in [0, 0.1) is 0 Å². The zero-order valence-electron chi connectivity index (χ0n) is 14.3. The van der Waals surface area contributed by atoms with Crippen molar-refractivity contribution in [1.82, 2.24) is 0 Å². The average molecular weight is 382 g/mol. The molecule has 0 spiro atoms. The molecule has 9 heteroatoms. The molecule has 0 aliphatic carbocycles. The number of carboxylic acid groups (broad SMARTS) is 2. The van der Waals surface area contributed by atoms with Crippen LogP contribution in [0.25, 0.3) is 0 Å². The Morgan fingerprint density at radius 1 is 0.786 bits per heavy atom. The smallest absolute Gasteiger partial charge is 0.335 e. The molecule has 1 fully saturated rings. The van der Waals surface area contributed by atoms with E-state index in [-0.39, 0.29) is 47.0 Å². The maximum atomic E-state index is 12.4. The van der Waals surface area contributed by atoms with Crippen LogP contribution in [0.3, 0.4) is 0 Å². The van der Waals surface area contributed by atoms with Gasteiger partial charge in [0.05, 0.1) is 16.8 Å². The van der Waals surface area contributed by atoms with E-state index in [1.807, 2.05) is 0 Å². The molecule has 3 amide bonds. The first-order valence-electron chi connectivity index (χ1n) is 8.15. The molecule has 0 atom stereocenters. The summed E-state index contributed by atoms with van der Waals surface area (Å²) in [4.78, 5) is 59.2. The van der Waals surface area contributed by atoms with Crippen molar-refractivity contribution in [3.63, 3.8) is 0 Å². The number of nitrogens with one attached hydrogen (secondary N) is 1. The van der Waals surface area contributed by atoms with Gasteiger partial charge in [-0.25, -0.2) is 9.59 Å². The van der Waals surface area contributed by atoms with Crippen LogP contribution in [-0.4, -0.2) is 39.9 Å². The van der Waals surface area contributed by atoms with Crippen LogP contribution in [-0.2, 0) is 9.59 Å². The zero-order valence-corrected chi connectivity index (χ0v) is 14.3. The van der Waals surface area contributed by atoms with Crippen molar-refractivity contribution < 1.29 is 34.2 Å². The number of amides is 3. The second-order valence-corrected chi connectivity index (χ2v) is 6.03. The summed E-state index contributed by atoms with van der Waals surface area (Å²) in [5, 5.41) is 20.6. The summed E-state index contributed by atoms with van der Waals surface area (Å²) in [5.74, 6) is -3.89. The van der Waals surface area contributed by atoms with Gasteiger partial charge in [-0.1, -0.05) is 0 Å². The van der Waals surface area contributed by atoms with Crippen molar-refractivity contribution in [3.05, 3.63) is 59.2 Å². The van der Waals surface area contributed by atoms with E-state index in [9.17, 15) is 24.0 Å². The lowest BCUT2D eigenvalue weighted by molar-refractivity contribution is -0.121. The Morgan fingerprint density at radius 2 is 1.29 bits per heavy atom. The van der Waals surface area contributed by atoms with Gasteiger partial charge in [-0.05, 0) is 42.5 Å². The van der Waals surface area contributed by atoms with E-state index in [0.717, 1.165) is 23.1 Å². The standard InChI is InChI=1S/C19H14N2O7/c22-15-5-6-16(23)21(15)14-3-1-10(2-4-14)17(24)20-13-8-11(18(25)26)7-12(9-13)19(27)28/h1-4,7-9H,5-6H2,(H,20,24)(H,25,26)(H,27,28). The minimum atomic E-state index is -1.33. The summed E-state index contributed by atoms with van der Waals surface area (Å²) in [7, 11) is 0. The van der Waals surface area contributed by atoms with Crippen LogP contribution in [0.15, 0.2) is 42.5 Å². The highest BCUT2D eigenvalue weighted by atomic mass is 16.4. The van der Waals surface area contributed by atoms with Crippen LogP contribution >= 0.6 is 0 Å². The monoisotopic (exact) mass is 382 g/mol. The van der Waals surface area contributed by atoms with Gasteiger partial charge in [0.2, 0.25) is 11.8 Å². The normalized spacial score (nSPS) is 13.5. The van der Waals surface area contributed by atoms with Crippen molar-refractivity contribution in [3.8, 4) is 0 Å². The van der Waals surface area contributed by atoms with Crippen LogP contribution in [0.4, 0.5) is 11.4 Å². The van der Waals surface area contributed by atoms with Crippen LogP contribution in [0.2, 0.25) is 0 Å². The van der Waals surface area contributed by atoms with Gasteiger partial charge in [-0.2, -0.15) is 0 Å². The largest absolute Gasteiger partial charge is 0.478 e. The van der Waals surface area contributed by atoms with Gasteiger partial charge in [0.15, 0.2) is 0 Å². The lowest BCUT2D eigenvalue weighted by Gasteiger charge is -2.14. The number of rotatable bonds is 5. The van der Waals surface area contributed by atoms with E-state index in [1.165, 1.54) is 24.3 Å². The first kappa shape index (κ1) is 18.8. The minimum absolute atomic E-state index is 0.0104. The molecule has 0 aromatic heterocycles. The van der Waals surface area contributed by atoms with Crippen molar-refractivity contribution in [1.29, 1.82) is 0 Å². The molecule has 1 aliphatic rings. The minimum Gasteiger partial charge on any atom is -0.478 e. The molecule has 1 saturated heterocycles. The third kappa shape index (κ3) is 3.73. The van der Waals surface area contributed by atoms with E-state index in [1.54, 1.807) is 0 Å². The number of aromatic carboxylic acids is 2. The predicted octanol–water partition coefficient (Wildman–Crippen LogP) is 1.99. The van der Waals surface area contributed by atoms with Crippen LogP contribution < -0.4 is 10.2 Å². The lowest BCUT2D eigenvalue weighted by Crippen LogP contribution is -2.28. The Balaban J connectivity index is 1.81. The SMILES string of the molecule is O=C(O)c1cc(NC(=O)c2ccc(N3C(=O)CCC3=O)cc2)cc(C(=O)O)c1. The number of nitrogens with zero attached hydrogens (tertiary/aromatic N) is 1. The zero-order chi connectivity index (χ0) is 20.4. The van der Waals surface area contributed by atoms with Crippen molar-refractivity contribution in [2.45, 2.75) is 12.8 Å². The summed E-state index contributed by atoms with van der Waals surface area (Å²) >= 11 is 0.